The van der Waals surface area contributed by atoms with E-state index in [0.29, 0.717) is 35.4 Å². The molecule has 7 nitrogen and oxygen atoms in total. The van der Waals surface area contributed by atoms with Crippen LogP contribution >= 0.6 is 27.5 Å². The van der Waals surface area contributed by atoms with Crippen LogP contribution in [0, 0.1) is 5.82 Å². The van der Waals surface area contributed by atoms with Crippen LogP contribution in [0.15, 0.2) is 29.5 Å². The summed E-state index contributed by atoms with van der Waals surface area (Å²) in [6.45, 7) is 6.49. The van der Waals surface area contributed by atoms with Crippen LogP contribution in [0.5, 0.6) is 0 Å². The van der Waals surface area contributed by atoms with Gasteiger partial charge in [0.15, 0.2) is 11.6 Å². The van der Waals surface area contributed by atoms with Gasteiger partial charge in [-0.15, -0.1) is 0 Å². The number of piperidine rings is 1. The summed E-state index contributed by atoms with van der Waals surface area (Å²) in [5.74, 6) is 0.180. The van der Waals surface area contributed by atoms with Crippen LogP contribution in [0.3, 0.4) is 0 Å². The zero-order valence-electron chi connectivity index (χ0n) is 18.6. The van der Waals surface area contributed by atoms with Crippen LogP contribution in [0.1, 0.15) is 18.9 Å². The molecular weight excluding hydrogens is 511 g/mol. The molecule has 10 heteroatoms. The predicted molar refractivity (Wildman–Crippen MR) is 132 cm³/mol. The van der Waals surface area contributed by atoms with Gasteiger partial charge in [0, 0.05) is 43.6 Å². The SMILES string of the molecule is C=CC(=O)N1CCC(n2cnc3c(N4CC(N(C)C)C4)nc4c(F)c(Br)c(Cl)cc4c32)CC1. The van der Waals surface area contributed by atoms with E-state index in [9.17, 15) is 4.79 Å². The maximum Gasteiger partial charge on any atom is 0.245 e. The van der Waals surface area contributed by atoms with Gasteiger partial charge in [-0.05, 0) is 55.0 Å². The highest BCUT2D eigenvalue weighted by Crippen LogP contribution is 2.40. The molecule has 0 unspecified atom stereocenters. The highest BCUT2D eigenvalue weighted by atomic mass is 79.9. The smallest absolute Gasteiger partial charge is 0.245 e. The summed E-state index contributed by atoms with van der Waals surface area (Å²) in [5.41, 5.74) is 1.87. The number of hydrogen-bond donors (Lipinski definition) is 0. The summed E-state index contributed by atoms with van der Waals surface area (Å²) < 4.78 is 17.6. The van der Waals surface area contributed by atoms with E-state index in [1.807, 2.05) is 11.2 Å². The lowest BCUT2D eigenvalue weighted by Gasteiger charge is -2.43. The second kappa shape index (κ2) is 8.52. The van der Waals surface area contributed by atoms with Gasteiger partial charge in [0.1, 0.15) is 11.0 Å². The minimum Gasteiger partial charge on any atom is -0.351 e. The van der Waals surface area contributed by atoms with Crippen molar-refractivity contribution in [2.45, 2.75) is 24.9 Å². The number of imidazole rings is 1. The molecule has 2 aromatic heterocycles. The first kappa shape index (κ1) is 22.6. The fraction of sp³-hybridized carbons (Fsp3) is 0.435. The van der Waals surface area contributed by atoms with Crippen LogP contribution in [0.2, 0.25) is 5.02 Å². The molecule has 2 fully saturated rings. The molecule has 2 aliphatic heterocycles. The minimum absolute atomic E-state index is 0.0483. The number of aromatic nitrogens is 3. The highest BCUT2D eigenvalue weighted by molar-refractivity contribution is 9.10. The Morgan fingerprint density at radius 1 is 1.30 bits per heavy atom. The van der Waals surface area contributed by atoms with Crippen molar-refractivity contribution in [1.29, 1.82) is 0 Å². The van der Waals surface area contributed by atoms with Gasteiger partial charge < -0.3 is 19.3 Å². The van der Waals surface area contributed by atoms with Crippen molar-refractivity contribution >= 4 is 61.2 Å². The van der Waals surface area contributed by atoms with Crippen LogP contribution < -0.4 is 4.90 Å². The van der Waals surface area contributed by atoms with E-state index in [-0.39, 0.29) is 21.9 Å². The van der Waals surface area contributed by atoms with E-state index >= 15 is 4.39 Å². The molecule has 2 aliphatic rings. The predicted octanol–water partition coefficient (Wildman–Crippen LogP) is 4.24. The van der Waals surface area contributed by atoms with Crippen molar-refractivity contribution in [3.05, 3.63) is 40.4 Å². The lowest BCUT2D eigenvalue weighted by Crippen LogP contribution is -2.57. The summed E-state index contributed by atoms with van der Waals surface area (Å²) in [7, 11) is 4.12. The number of carbonyl (C=O) groups is 1. The number of anilines is 1. The minimum atomic E-state index is -0.468. The Morgan fingerprint density at radius 2 is 2.00 bits per heavy atom. The van der Waals surface area contributed by atoms with Gasteiger partial charge in [0.05, 0.1) is 21.3 Å². The molecule has 0 N–H and O–H groups in total. The largest absolute Gasteiger partial charge is 0.351 e. The molecule has 0 bridgehead atoms. The van der Waals surface area contributed by atoms with Crippen LogP contribution in [0.25, 0.3) is 21.9 Å². The molecule has 0 aliphatic carbocycles. The molecule has 1 aromatic carbocycles. The Bertz CT molecular complexity index is 1260. The molecule has 4 heterocycles. The molecular formula is C23H25BrClFN6O. The molecule has 3 aromatic rings. The number of amides is 1. The first-order valence-electron chi connectivity index (χ1n) is 11.0. The molecule has 2 saturated heterocycles. The van der Waals surface area contributed by atoms with E-state index < -0.39 is 5.82 Å². The van der Waals surface area contributed by atoms with Crippen molar-refractivity contribution < 1.29 is 9.18 Å². The molecule has 0 atom stereocenters. The number of halogens is 3. The Morgan fingerprint density at radius 3 is 2.64 bits per heavy atom. The number of likely N-dealkylation sites (tertiary alicyclic amines) is 1. The van der Waals surface area contributed by atoms with Crippen LogP contribution in [-0.4, -0.2) is 76.6 Å². The molecule has 0 spiro atoms. The molecule has 0 radical (unpaired) electrons. The average Bonchev–Trinajstić information content (AvgIpc) is 3.22. The molecule has 5 rings (SSSR count). The molecule has 0 saturated carbocycles. The Kier molecular flexibility index (Phi) is 5.83. The van der Waals surface area contributed by atoms with Gasteiger partial charge >= 0.3 is 0 Å². The molecule has 174 valence electrons. The normalized spacial score (nSPS) is 17.9. The third-order valence-corrected chi connectivity index (χ3v) is 8.15. The maximum absolute atomic E-state index is 15.3. The van der Waals surface area contributed by atoms with E-state index in [2.05, 4.69) is 51.0 Å². The molecule has 1 amide bonds. The fourth-order valence-corrected chi connectivity index (χ4v) is 5.27. The third-order valence-electron chi connectivity index (χ3n) is 6.85. The monoisotopic (exact) mass is 534 g/mol. The highest BCUT2D eigenvalue weighted by Gasteiger charge is 2.33. The average molecular weight is 536 g/mol. The Hall–Kier alpha value is -2.23. The number of rotatable bonds is 4. The van der Waals surface area contributed by atoms with Crippen molar-refractivity contribution in [1.82, 2.24) is 24.3 Å². The Labute approximate surface area is 204 Å². The van der Waals surface area contributed by atoms with Crippen LogP contribution in [-0.2, 0) is 4.79 Å². The van der Waals surface area contributed by atoms with E-state index in [1.165, 1.54) is 6.08 Å². The summed E-state index contributed by atoms with van der Waals surface area (Å²) in [6.07, 6.45) is 4.74. The number of fused-ring (bicyclic) bond motifs is 3. The van der Waals surface area contributed by atoms with E-state index in [1.54, 1.807) is 6.07 Å². The third kappa shape index (κ3) is 3.70. The van der Waals surface area contributed by atoms with Crippen molar-refractivity contribution in [3.8, 4) is 0 Å². The Balaban J connectivity index is 1.62. The standard InChI is InChI=1S/C23H25BrClFN6O/c1-4-17(33)30-7-5-13(6-8-30)32-12-27-21-22(32)15-9-16(25)18(24)19(26)20(15)28-23(21)31-10-14(11-31)29(2)3/h4,9,12-14H,1,5-8,10-11H2,2-3H3. The van der Waals surface area contributed by atoms with Crippen molar-refractivity contribution in [2.24, 2.45) is 0 Å². The lowest BCUT2D eigenvalue weighted by atomic mass is 10.0. The summed E-state index contributed by atoms with van der Waals surface area (Å²) in [4.78, 5) is 27.6. The van der Waals surface area contributed by atoms with E-state index in [0.717, 1.165) is 37.0 Å². The fourth-order valence-electron chi connectivity index (χ4n) is 4.77. The number of pyridine rings is 1. The van der Waals surface area contributed by atoms with E-state index in [4.69, 9.17) is 21.6 Å². The number of benzene rings is 1. The van der Waals surface area contributed by atoms with Gasteiger partial charge in [-0.25, -0.2) is 14.4 Å². The van der Waals surface area contributed by atoms with Gasteiger partial charge in [-0.1, -0.05) is 18.2 Å². The zero-order valence-corrected chi connectivity index (χ0v) is 20.9. The summed E-state index contributed by atoms with van der Waals surface area (Å²) in [5, 5.41) is 0.942. The topological polar surface area (TPSA) is 57.5 Å². The summed E-state index contributed by atoms with van der Waals surface area (Å²) >= 11 is 9.61. The first-order chi connectivity index (χ1) is 15.8. The number of carbonyl (C=O) groups excluding carboxylic acids is 1. The van der Waals surface area contributed by atoms with Gasteiger partial charge in [-0.2, -0.15) is 0 Å². The number of nitrogens with zero attached hydrogens (tertiary/aromatic N) is 6. The van der Waals surface area contributed by atoms with Gasteiger partial charge in [-0.3, -0.25) is 4.79 Å². The second-order valence-corrected chi connectivity index (χ2v) is 10.2. The zero-order chi connectivity index (χ0) is 23.4. The maximum atomic E-state index is 15.3. The van der Waals surface area contributed by atoms with Crippen LogP contribution in [0.4, 0.5) is 10.2 Å². The quantitative estimate of drug-likeness (QED) is 0.370. The number of hydrogen-bond acceptors (Lipinski definition) is 5. The van der Waals surface area contributed by atoms with Gasteiger partial charge in [0.25, 0.3) is 0 Å². The van der Waals surface area contributed by atoms with Crippen molar-refractivity contribution in [3.63, 3.8) is 0 Å². The van der Waals surface area contributed by atoms with Gasteiger partial charge in [0.2, 0.25) is 5.91 Å². The second-order valence-electron chi connectivity index (χ2n) is 8.95. The first-order valence-corrected chi connectivity index (χ1v) is 12.1. The number of likely N-dealkylation sites (N-methyl/N-ethyl adjacent to an activating group) is 1. The molecule has 33 heavy (non-hydrogen) atoms. The lowest BCUT2D eigenvalue weighted by molar-refractivity contribution is -0.127. The van der Waals surface area contributed by atoms with Crippen molar-refractivity contribution in [2.75, 3.05) is 45.2 Å². The summed E-state index contributed by atoms with van der Waals surface area (Å²) in [6, 6.07) is 2.32.